The van der Waals surface area contributed by atoms with Gasteiger partial charge in [0.2, 0.25) is 0 Å². The molecule has 2 heterocycles. The first kappa shape index (κ1) is 15.6. The number of imidazole rings is 1. The Labute approximate surface area is 155 Å². The summed E-state index contributed by atoms with van der Waals surface area (Å²) < 4.78 is 5.53. The number of nitrogens with one attached hydrogen (secondary N) is 1. The minimum absolute atomic E-state index is 0.391. The van der Waals surface area contributed by atoms with E-state index in [9.17, 15) is 4.79 Å². The highest BCUT2D eigenvalue weighted by molar-refractivity contribution is 5.84. The van der Waals surface area contributed by atoms with Crippen LogP contribution in [0.3, 0.4) is 0 Å². The number of rotatable bonds is 3. The fraction of sp³-hybridized carbons (Fsp3) is 0.0435. The normalized spacial score (nSPS) is 11.3. The molecule has 5 rings (SSSR count). The largest absolute Gasteiger partial charge is 0.422 e. The second-order valence-electron chi connectivity index (χ2n) is 6.58. The summed E-state index contributed by atoms with van der Waals surface area (Å²) in [5, 5.41) is 0.887. The zero-order valence-corrected chi connectivity index (χ0v) is 14.5. The van der Waals surface area contributed by atoms with Gasteiger partial charge in [-0.3, -0.25) is 0 Å². The molecular weight excluding hydrogens is 336 g/mol. The van der Waals surface area contributed by atoms with E-state index < -0.39 is 5.63 Å². The molecule has 0 atom stereocenters. The Morgan fingerprint density at radius 3 is 2.52 bits per heavy atom. The number of nitrogens with zero attached hydrogens (tertiary/aromatic N) is 1. The number of para-hydroxylation sites is 2. The Bertz CT molecular complexity index is 1280. The molecule has 130 valence electrons. The van der Waals surface area contributed by atoms with Crippen LogP contribution in [-0.4, -0.2) is 9.97 Å². The lowest BCUT2D eigenvalue weighted by Crippen LogP contribution is -2.04. The van der Waals surface area contributed by atoms with E-state index in [-0.39, 0.29) is 0 Å². The fourth-order valence-electron chi connectivity index (χ4n) is 3.36. The molecule has 4 heteroatoms. The van der Waals surface area contributed by atoms with Crippen molar-refractivity contribution in [2.75, 3.05) is 0 Å². The van der Waals surface area contributed by atoms with E-state index >= 15 is 0 Å². The summed E-state index contributed by atoms with van der Waals surface area (Å²) in [5.74, 6) is 0.528. The predicted molar refractivity (Wildman–Crippen MR) is 107 cm³/mol. The third kappa shape index (κ3) is 2.91. The van der Waals surface area contributed by atoms with Crippen molar-refractivity contribution in [2.24, 2.45) is 0 Å². The van der Waals surface area contributed by atoms with Gasteiger partial charge in [-0.15, -0.1) is 0 Å². The van der Waals surface area contributed by atoms with E-state index in [1.54, 1.807) is 0 Å². The van der Waals surface area contributed by atoms with Crippen LogP contribution in [0.15, 0.2) is 88.1 Å². The van der Waals surface area contributed by atoms with Crippen LogP contribution in [0.25, 0.3) is 33.4 Å². The van der Waals surface area contributed by atoms with Crippen LogP contribution in [0.4, 0.5) is 0 Å². The van der Waals surface area contributed by atoms with E-state index in [0.717, 1.165) is 28.4 Å². The molecule has 0 bridgehead atoms. The zero-order valence-electron chi connectivity index (χ0n) is 14.5. The van der Waals surface area contributed by atoms with Crippen molar-refractivity contribution in [3.63, 3.8) is 0 Å². The molecule has 3 aromatic carbocycles. The molecule has 4 nitrogen and oxygen atoms in total. The highest BCUT2D eigenvalue weighted by atomic mass is 16.4. The predicted octanol–water partition coefficient (Wildman–Crippen LogP) is 4.93. The standard InChI is InChI=1S/C23H16N2O2/c26-23-18(22-24-19-8-4-5-9-20(19)25-22)14-17-13-16(10-11-21(17)27-23)12-15-6-2-1-3-7-15/h1-11,13-14H,12H2,(H,24,25). The van der Waals surface area contributed by atoms with E-state index in [4.69, 9.17) is 4.42 Å². The SMILES string of the molecule is O=c1oc2ccc(Cc3ccccc3)cc2cc1-c1nc2ccccc2[nH]1. The monoisotopic (exact) mass is 352 g/mol. The second kappa shape index (κ2) is 6.25. The summed E-state index contributed by atoms with van der Waals surface area (Å²) in [6.07, 6.45) is 0.829. The average Bonchev–Trinajstić information content (AvgIpc) is 3.12. The minimum Gasteiger partial charge on any atom is -0.422 e. The van der Waals surface area contributed by atoms with Crippen LogP contribution in [0.1, 0.15) is 11.1 Å². The van der Waals surface area contributed by atoms with Crippen molar-refractivity contribution in [3.8, 4) is 11.4 Å². The number of hydrogen-bond acceptors (Lipinski definition) is 3. The van der Waals surface area contributed by atoms with Crippen molar-refractivity contribution >= 4 is 22.0 Å². The molecule has 0 radical (unpaired) electrons. The van der Waals surface area contributed by atoms with Crippen molar-refractivity contribution < 1.29 is 4.42 Å². The fourth-order valence-corrected chi connectivity index (χ4v) is 3.36. The molecule has 5 aromatic rings. The van der Waals surface area contributed by atoms with Crippen LogP contribution in [0, 0.1) is 0 Å². The Balaban J connectivity index is 1.60. The van der Waals surface area contributed by atoms with Gasteiger partial charge in [0, 0.05) is 5.39 Å². The Morgan fingerprint density at radius 1 is 0.852 bits per heavy atom. The van der Waals surface area contributed by atoms with Gasteiger partial charge in [0.1, 0.15) is 17.0 Å². The van der Waals surface area contributed by atoms with E-state index in [1.165, 1.54) is 5.56 Å². The lowest BCUT2D eigenvalue weighted by molar-refractivity contribution is 0.563. The first-order valence-corrected chi connectivity index (χ1v) is 8.82. The molecule has 0 aliphatic carbocycles. The third-order valence-corrected chi connectivity index (χ3v) is 4.69. The van der Waals surface area contributed by atoms with Crippen molar-refractivity contribution in [1.82, 2.24) is 9.97 Å². The van der Waals surface area contributed by atoms with E-state index in [2.05, 4.69) is 28.2 Å². The lowest BCUT2D eigenvalue weighted by Gasteiger charge is -2.05. The van der Waals surface area contributed by atoms with Crippen LogP contribution < -0.4 is 5.63 Å². The first-order chi connectivity index (χ1) is 13.3. The topological polar surface area (TPSA) is 58.9 Å². The van der Waals surface area contributed by atoms with Gasteiger partial charge in [0.05, 0.1) is 11.0 Å². The number of H-pyrrole nitrogens is 1. The van der Waals surface area contributed by atoms with Gasteiger partial charge in [-0.1, -0.05) is 48.5 Å². The molecular formula is C23H16N2O2. The molecule has 0 fully saturated rings. The first-order valence-electron chi connectivity index (χ1n) is 8.82. The number of aromatic amines is 1. The number of benzene rings is 3. The summed E-state index contributed by atoms with van der Waals surface area (Å²) in [5.41, 5.74) is 4.75. The number of hydrogen-bond donors (Lipinski definition) is 1. The summed E-state index contributed by atoms with van der Waals surface area (Å²) in [7, 11) is 0. The summed E-state index contributed by atoms with van der Waals surface area (Å²) in [6, 6.07) is 25.8. The summed E-state index contributed by atoms with van der Waals surface area (Å²) in [6.45, 7) is 0. The zero-order chi connectivity index (χ0) is 18.2. The highest BCUT2D eigenvalue weighted by Crippen LogP contribution is 2.23. The highest BCUT2D eigenvalue weighted by Gasteiger charge is 2.12. The van der Waals surface area contributed by atoms with Gasteiger partial charge in [0.25, 0.3) is 0 Å². The van der Waals surface area contributed by atoms with Crippen LogP contribution >= 0.6 is 0 Å². The molecule has 2 aromatic heterocycles. The lowest BCUT2D eigenvalue weighted by atomic mass is 10.0. The van der Waals surface area contributed by atoms with Crippen molar-refractivity contribution in [2.45, 2.75) is 6.42 Å². The van der Waals surface area contributed by atoms with Crippen molar-refractivity contribution in [3.05, 3.63) is 100 Å². The molecule has 0 amide bonds. The molecule has 0 spiro atoms. The van der Waals surface area contributed by atoms with Crippen molar-refractivity contribution in [1.29, 1.82) is 0 Å². The van der Waals surface area contributed by atoms with Gasteiger partial charge in [-0.05, 0) is 47.9 Å². The van der Waals surface area contributed by atoms with Gasteiger partial charge in [-0.2, -0.15) is 0 Å². The Hall–Kier alpha value is -3.66. The molecule has 0 aliphatic heterocycles. The molecule has 0 aliphatic rings. The van der Waals surface area contributed by atoms with Gasteiger partial charge in [0.15, 0.2) is 0 Å². The van der Waals surface area contributed by atoms with Crippen LogP contribution in [0.2, 0.25) is 0 Å². The van der Waals surface area contributed by atoms with Crippen LogP contribution in [-0.2, 0) is 6.42 Å². The maximum atomic E-state index is 12.5. The number of fused-ring (bicyclic) bond motifs is 2. The molecule has 0 saturated carbocycles. The smallest absolute Gasteiger partial charge is 0.347 e. The molecule has 0 unspecified atom stereocenters. The minimum atomic E-state index is -0.391. The summed E-state index contributed by atoms with van der Waals surface area (Å²) >= 11 is 0. The molecule has 0 saturated heterocycles. The van der Waals surface area contributed by atoms with Crippen LogP contribution in [0.5, 0.6) is 0 Å². The second-order valence-corrected chi connectivity index (χ2v) is 6.58. The average molecular weight is 352 g/mol. The van der Waals surface area contributed by atoms with E-state index in [0.29, 0.717) is 17.0 Å². The number of aromatic nitrogens is 2. The maximum Gasteiger partial charge on any atom is 0.347 e. The van der Waals surface area contributed by atoms with Gasteiger partial charge < -0.3 is 9.40 Å². The third-order valence-electron chi connectivity index (χ3n) is 4.69. The summed E-state index contributed by atoms with van der Waals surface area (Å²) in [4.78, 5) is 20.2. The Kier molecular flexibility index (Phi) is 3.61. The van der Waals surface area contributed by atoms with E-state index in [1.807, 2.05) is 60.7 Å². The van der Waals surface area contributed by atoms with Gasteiger partial charge >= 0.3 is 5.63 Å². The van der Waals surface area contributed by atoms with Gasteiger partial charge in [-0.25, -0.2) is 9.78 Å². The quantitative estimate of drug-likeness (QED) is 0.469. The molecule has 1 N–H and O–H groups in total. The Morgan fingerprint density at radius 2 is 1.67 bits per heavy atom. The molecule has 27 heavy (non-hydrogen) atoms. The maximum absolute atomic E-state index is 12.5.